The Morgan fingerprint density at radius 2 is 1.83 bits per heavy atom. The Bertz CT molecular complexity index is 861. The van der Waals surface area contributed by atoms with Gasteiger partial charge in [-0.3, -0.25) is 4.57 Å². The van der Waals surface area contributed by atoms with Gasteiger partial charge in [-0.25, -0.2) is 4.79 Å². The summed E-state index contributed by atoms with van der Waals surface area (Å²) in [6, 6.07) is 6.81. The standard InChI is InChI=1S/C24H36N4O2/c1-25(2)14-9-19-18-28(23-17-21(30-3)7-8-22(19)23)24(29)27-15-10-20(11-16-27)26-12-5-4-6-13-26/h7-8,17-18,20H,4-6,9-16H2,1-3H3. The van der Waals surface area contributed by atoms with E-state index in [1.165, 1.54) is 37.9 Å². The number of benzene rings is 1. The summed E-state index contributed by atoms with van der Waals surface area (Å²) in [6.45, 7) is 5.11. The third-order valence-corrected chi connectivity index (χ3v) is 6.77. The van der Waals surface area contributed by atoms with Gasteiger partial charge < -0.3 is 19.4 Å². The maximum atomic E-state index is 13.5. The molecule has 0 N–H and O–H groups in total. The first kappa shape index (κ1) is 21.2. The van der Waals surface area contributed by atoms with E-state index in [2.05, 4.69) is 30.0 Å². The predicted molar refractivity (Wildman–Crippen MR) is 122 cm³/mol. The van der Waals surface area contributed by atoms with Crippen LogP contribution >= 0.6 is 0 Å². The fraction of sp³-hybridized carbons (Fsp3) is 0.625. The van der Waals surface area contributed by atoms with Crippen molar-refractivity contribution >= 4 is 16.9 Å². The molecule has 0 spiro atoms. The van der Waals surface area contributed by atoms with Crippen LogP contribution in [0.3, 0.4) is 0 Å². The van der Waals surface area contributed by atoms with Crippen LogP contribution in [0.15, 0.2) is 24.4 Å². The average Bonchev–Trinajstić information content (AvgIpc) is 3.15. The number of piperidine rings is 2. The molecule has 0 radical (unpaired) electrons. The van der Waals surface area contributed by atoms with E-state index in [-0.39, 0.29) is 6.03 Å². The first-order valence-electron chi connectivity index (χ1n) is 11.4. The largest absolute Gasteiger partial charge is 0.497 e. The van der Waals surface area contributed by atoms with Gasteiger partial charge in [-0.05, 0) is 77.0 Å². The van der Waals surface area contributed by atoms with Crippen molar-refractivity contribution in [2.75, 3.05) is 53.9 Å². The van der Waals surface area contributed by atoms with Crippen LogP contribution in [0.25, 0.3) is 10.9 Å². The van der Waals surface area contributed by atoms with Crippen molar-refractivity contribution in [2.45, 2.75) is 44.6 Å². The number of fused-ring (bicyclic) bond motifs is 1. The topological polar surface area (TPSA) is 41.0 Å². The van der Waals surface area contributed by atoms with E-state index in [9.17, 15) is 4.79 Å². The number of likely N-dealkylation sites (N-methyl/N-ethyl adjacent to an activating group) is 1. The first-order valence-corrected chi connectivity index (χ1v) is 11.4. The first-order chi connectivity index (χ1) is 14.6. The zero-order valence-electron chi connectivity index (χ0n) is 18.8. The molecule has 0 unspecified atom stereocenters. The van der Waals surface area contributed by atoms with Gasteiger partial charge in [-0.1, -0.05) is 6.42 Å². The van der Waals surface area contributed by atoms with Gasteiger partial charge in [0.05, 0.1) is 12.6 Å². The molecule has 4 rings (SSSR count). The summed E-state index contributed by atoms with van der Waals surface area (Å²) in [5.74, 6) is 0.789. The van der Waals surface area contributed by atoms with Crippen molar-refractivity contribution in [1.29, 1.82) is 0 Å². The molecule has 0 bridgehead atoms. The Morgan fingerprint density at radius 1 is 1.10 bits per heavy atom. The molecule has 1 amide bonds. The molecule has 30 heavy (non-hydrogen) atoms. The number of rotatable bonds is 5. The van der Waals surface area contributed by atoms with Gasteiger partial charge in [0.1, 0.15) is 5.75 Å². The van der Waals surface area contributed by atoms with Crippen LogP contribution in [0.4, 0.5) is 4.79 Å². The molecule has 0 saturated carbocycles. The number of methoxy groups -OCH3 is 1. The fourth-order valence-corrected chi connectivity index (χ4v) is 4.96. The minimum atomic E-state index is 0.0986. The van der Waals surface area contributed by atoms with Gasteiger partial charge in [0.25, 0.3) is 0 Å². The minimum Gasteiger partial charge on any atom is -0.497 e. The van der Waals surface area contributed by atoms with Crippen LogP contribution in [0.2, 0.25) is 0 Å². The molecule has 2 aromatic rings. The number of likely N-dealkylation sites (tertiary alicyclic amines) is 2. The Labute approximate surface area is 180 Å². The van der Waals surface area contributed by atoms with Crippen LogP contribution in [-0.2, 0) is 6.42 Å². The molecule has 6 nitrogen and oxygen atoms in total. The molecule has 1 aromatic carbocycles. The van der Waals surface area contributed by atoms with E-state index in [0.29, 0.717) is 6.04 Å². The second-order valence-corrected chi connectivity index (χ2v) is 9.06. The van der Waals surface area contributed by atoms with Gasteiger partial charge >= 0.3 is 6.03 Å². The summed E-state index contributed by atoms with van der Waals surface area (Å²) in [7, 11) is 5.84. The van der Waals surface area contributed by atoms with E-state index < -0.39 is 0 Å². The van der Waals surface area contributed by atoms with Crippen LogP contribution in [0.5, 0.6) is 5.75 Å². The summed E-state index contributed by atoms with van der Waals surface area (Å²) >= 11 is 0. The number of aromatic nitrogens is 1. The second-order valence-electron chi connectivity index (χ2n) is 9.06. The molecule has 164 valence electrons. The molecular formula is C24H36N4O2. The summed E-state index contributed by atoms with van der Waals surface area (Å²) in [5, 5.41) is 1.15. The number of hydrogen-bond donors (Lipinski definition) is 0. The van der Waals surface area contributed by atoms with Gasteiger partial charge in [0, 0.05) is 43.3 Å². The average molecular weight is 413 g/mol. The molecule has 1 aromatic heterocycles. The molecule has 2 aliphatic rings. The molecule has 0 atom stereocenters. The van der Waals surface area contributed by atoms with Gasteiger partial charge in [0.15, 0.2) is 0 Å². The summed E-state index contributed by atoms with van der Waals surface area (Å²) < 4.78 is 7.29. The minimum absolute atomic E-state index is 0.0986. The normalized spacial score (nSPS) is 19.0. The lowest BCUT2D eigenvalue weighted by Gasteiger charge is -2.40. The molecule has 2 saturated heterocycles. The molecule has 2 fully saturated rings. The van der Waals surface area contributed by atoms with Gasteiger partial charge in [0.2, 0.25) is 0 Å². The number of ether oxygens (including phenoxy) is 1. The van der Waals surface area contributed by atoms with Crippen LogP contribution < -0.4 is 4.74 Å². The van der Waals surface area contributed by atoms with Crippen LogP contribution in [0, 0.1) is 0 Å². The monoisotopic (exact) mass is 412 g/mol. The quantitative estimate of drug-likeness (QED) is 0.751. The number of amides is 1. The van der Waals surface area contributed by atoms with E-state index in [1.807, 2.05) is 27.8 Å². The highest BCUT2D eigenvalue weighted by Crippen LogP contribution is 2.28. The number of nitrogens with zero attached hydrogens (tertiary/aromatic N) is 4. The van der Waals surface area contributed by atoms with E-state index in [1.54, 1.807) is 7.11 Å². The third-order valence-electron chi connectivity index (χ3n) is 6.77. The smallest absolute Gasteiger partial charge is 0.328 e. The lowest BCUT2D eigenvalue weighted by atomic mass is 10.0. The molecular weight excluding hydrogens is 376 g/mol. The highest BCUT2D eigenvalue weighted by atomic mass is 16.5. The van der Waals surface area contributed by atoms with E-state index in [0.717, 1.165) is 55.5 Å². The van der Waals surface area contributed by atoms with Crippen molar-refractivity contribution in [1.82, 2.24) is 19.3 Å². The number of carbonyl (C=O) groups is 1. The van der Waals surface area contributed by atoms with Crippen LogP contribution in [-0.4, -0.2) is 85.3 Å². The van der Waals surface area contributed by atoms with Gasteiger partial charge in [-0.2, -0.15) is 0 Å². The summed E-state index contributed by atoms with van der Waals surface area (Å²) in [5.41, 5.74) is 2.17. The van der Waals surface area contributed by atoms with Crippen molar-refractivity contribution in [3.05, 3.63) is 30.0 Å². The molecule has 3 heterocycles. The summed E-state index contributed by atoms with van der Waals surface area (Å²) in [4.78, 5) is 20.3. The zero-order chi connectivity index (χ0) is 21.1. The highest BCUT2D eigenvalue weighted by Gasteiger charge is 2.29. The highest BCUT2D eigenvalue weighted by molar-refractivity contribution is 5.94. The lowest BCUT2D eigenvalue weighted by Crippen LogP contribution is -2.48. The molecule has 6 heteroatoms. The summed E-state index contributed by atoms with van der Waals surface area (Å²) in [6.07, 6.45) is 9.16. The third kappa shape index (κ3) is 4.49. The number of carbonyl (C=O) groups excluding carboxylic acids is 1. The van der Waals surface area contributed by atoms with Crippen molar-refractivity contribution in [2.24, 2.45) is 0 Å². The van der Waals surface area contributed by atoms with E-state index >= 15 is 0 Å². The van der Waals surface area contributed by atoms with E-state index in [4.69, 9.17) is 4.74 Å². The van der Waals surface area contributed by atoms with Gasteiger partial charge in [-0.15, -0.1) is 0 Å². The second kappa shape index (κ2) is 9.40. The Hall–Kier alpha value is -2.05. The Kier molecular flexibility index (Phi) is 6.64. The molecule has 0 aliphatic carbocycles. The maximum Gasteiger partial charge on any atom is 0.328 e. The Morgan fingerprint density at radius 3 is 2.50 bits per heavy atom. The predicted octanol–water partition coefficient (Wildman–Crippen LogP) is 3.67. The zero-order valence-corrected chi connectivity index (χ0v) is 18.8. The lowest BCUT2D eigenvalue weighted by molar-refractivity contribution is 0.102. The van der Waals surface area contributed by atoms with Crippen LogP contribution in [0.1, 0.15) is 37.7 Å². The Balaban J connectivity index is 1.52. The SMILES string of the molecule is COc1ccc2c(CCN(C)C)cn(C(=O)N3CCC(N4CCCCC4)CC3)c2c1. The fourth-order valence-electron chi connectivity index (χ4n) is 4.96. The van der Waals surface area contributed by atoms with Crippen molar-refractivity contribution in [3.8, 4) is 5.75 Å². The molecule has 2 aliphatic heterocycles. The van der Waals surface area contributed by atoms with Crippen molar-refractivity contribution < 1.29 is 9.53 Å². The number of hydrogen-bond acceptors (Lipinski definition) is 4. The van der Waals surface area contributed by atoms with Crippen molar-refractivity contribution in [3.63, 3.8) is 0 Å². The maximum absolute atomic E-state index is 13.5.